The second kappa shape index (κ2) is 7.46. The van der Waals surface area contributed by atoms with Crippen LogP contribution in [0.15, 0.2) is 17.1 Å². The summed E-state index contributed by atoms with van der Waals surface area (Å²) in [4.78, 5) is 17.5. The van der Waals surface area contributed by atoms with Crippen LogP contribution < -0.4 is 14.4 Å². The monoisotopic (exact) mass is 438 g/mol. The highest BCUT2D eigenvalue weighted by Crippen LogP contribution is 2.46. The predicted octanol–water partition coefficient (Wildman–Crippen LogP) is 2.20. The minimum Gasteiger partial charge on any atom is -0.495 e. The van der Waals surface area contributed by atoms with Crippen LogP contribution in [0.25, 0.3) is 0 Å². The summed E-state index contributed by atoms with van der Waals surface area (Å²) in [5.74, 6) is 0.0879. The number of carbonyl (C=O) groups excluding carboxylic acids is 1. The molecule has 3 rings (SSSR count). The average Bonchev–Trinajstić information content (AvgIpc) is 3.05. The van der Waals surface area contributed by atoms with Gasteiger partial charge >= 0.3 is 0 Å². The van der Waals surface area contributed by atoms with E-state index in [2.05, 4.69) is 4.99 Å². The van der Waals surface area contributed by atoms with E-state index in [1.807, 2.05) is 0 Å². The number of carbonyl (C=O) groups is 1. The van der Waals surface area contributed by atoms with Crippen LogP contribution in [0.3, 0.4) is 0 Å². The lowest BCUT2D eigenvalue weighted by Crippen LogP contribution is -2.38. The van der Waals surface area contributed by atoms with Crippen LogP contribution in [0.5, 0.6) is 11.5 Å². The van der Waals surface area contributed by atoms with Crippen molar-refractivity contribution in [1.82, 2.24) is 0 Å². The van der Waals surface area contributed by atoms with Crippen molar-refractivity contribution in [2.24, 2.45) is 4.99 Å². The summed E-state index contributed by atoms with van der Waals surface area (Å²) in [6, 6.07) is 2.86. The topological polar surface area (TPSA) is 85.3 Å². The van der Waals surface area contributed by atoms with Crippen molar-refractivity contribution in [3.63, 3.8) is 0 Å². The average molecular weight is 439 g/mol. The molecule has 0 saturated carbocycles. The van der Waals surface area contributed by atoms with Crippen molar-refractivity contribution in [3.05, 3.63) is 17.2 Å². The lowest BCUT2D eigenvalue weighted by atomic mass is 10.2. The maximum atomic E-state index is 12.1. The summed E-state index contributed by atoms with van der Waals surface area (Å²) in [6.07, 6.45) is 0. The number of sulfone groups is 1. The summed E-state index contributed by atoms with van der Waals surface area (Å²) < 4.78 is 34.8. The Morgan fingerprint density at radius 1 is 1.31 bits per heavy atom. The molecule has 7 nitrogen and oxygen atoms in total. The Morgan fingerprint density at radius 3 is 2.62 bits per heavy atom. The highest BCUT2D eigenvalue weighted by molar-refractivity contribution is 8.16. The lowest BCUT2D eigenvalue weighted by molar-refractivity contribution is -0.115. The summed E-state index contributed by atoms with van der Waals surface area (Å²) in [7, 11) is -0.205. The van der Waals surface area contributed by atoms with E-state index in [0.29, 0.717) is 27.4 Å². The van der Waals surface area contributed by atoms with Crippen LogP contribution in [0, 0.1) is 0 Å². The molecule has 0 spiro atoms. The number of nitrogens with zero attached hydrogens (tertiary/aromatic N) is 2. The van der Waals surface area contributed by atoms with Gasteiger partial charge in [0, 0.05) is 11.3 Å². The van der Waals surface area contributed by atoms with Gasteiger partial charge in [-0.25, -0.2) is 8.42 Å². The van der Waals surface area contributed by atoms with Gasteiger partial charge in [0.1, 0.15) is 17.4 Å². The minimum atomic E-state index is -3.17. The molecule has 2 aliphatic rings. The predicted molar refractivity (Wildman–Crippen MR) is 104 cm³/mol. The first-order valence-corrected chi connectivity index (χ1v) is 11.2. The second-order valence-electron chi connectivity index (χ2n) is 5.75. The zero-order valence-corrected chi connectivity index (χ0v) is 17.1. The summed E-state index contributed by atoms with van der Waals surface area (Å²) in [5, 5.41) is 0.494. The fourth-order valence-electron chi connectivity index (χ4n) is 3.02. The standard InChI is InChI=1S/C15H16Cl2N2O5S2/c1-23-11-4-12(24-2)9(3-8(11)17)19-10-6-26(21,22)7-13(10)25-15(19)18-14(20)5-16/h3-4,10,13H,5-7H2,1-2H3/t10-,13+/m1/s1. The van der Waals surface area contributed by atoms with Gasteiger partial charge in [0.25, 0.3) is 5.91 Å². The molecule has 1 aromatic rings. The molecule has 11 heteroatoms. The number of thioether (sulfide) groups is 1. The first-order valence-electron chi connectivity index (χ1n) is 7.55. The van der Waals surface area contributed by atoms with Crippen molar-refractivity contribution < 1.29 is 22.7 Å². The molecule has 1 amide bonds. The third kappa shape index (κ3) is 3.62. The molecule has 2 fully saturated rings. The van der Waals surface area contributed by atoms with Gasteiger partial charge in [-0.3, -0.25) is 4.79 Å². The van der Waals surface area contributed by atoms with Gasteiger partial charge in [-0.15, -0.1) is 11.6 Å². The maximum absolute atomic E-state index is 12.1. The second-order valence-corrected chi connectivity index (χ2v) is 9.79. The van der Waals surface area contributed by atoms with Crippen molar-refractivity contribution in [3.8, 4) is 11.5 Å². The number of anilines is 1. The molecule has 1 aromatic carbocycles. The van der Waals surface area contributed by atoms with Crippen molar-refractivity contribution in [2.75, 3.05) is 36.5 Å². The number of ether oxygens (including phenoxy) is 2. The molecule has 2 saturated heterocycles. The molecular formula is C15H16Cl2N2O5S2. The van der Waals surface area contributed by atoms with Crippen molar-refractivity contribution in [1.29, 1.82) is 0 Å². The summed E-state index contributed by atoms with van der Waals surface area (Å²) in [5.41, 5.74) is 0.525. The van der Waals surface area contributed by atoms with Gasteiger partial charge in [0.2, 0.25) is 0 Å². The molecule has 0 aromatic heterocycles. The number of methoxy groups -OCH3 is 2. The number of aliphatic imine (C=N–C) groups is 1. The number of hydrogen-bond acceptors (Lipinski definition) is 6. The van der Waals surface area contributed by atoms with Gasteiger partial charge < -0.3 is 14.4 Å². The van der Waals surface area contributed by atoms with E-state index in [4.69, 9.17) is 32.7 Å². The minimum absolute atomic E-state index is 0.0269. The fourth-order valence-corrected chi connectivity index (χ4v) is 7.23. The Balaban J connectivity index is 2.13. The van der Waals surface area contributed by atoms with E-state index < -0.39 is 15.7 Å². The molecule has 2 aliphatic heterocycles. The Labute approximate surface area is 165 Å². The number of hydrogen-bond donors (Lipinski definition) is 0. The van der Waals surface area contributed by atoms with E-state index in [9.17, 15) is 13.2 Å². The number of amidine groups is 1. The smallest absolute Gasteiger partial charge is 0.262 e. The van der Waals surface area contributed by atoms with Crippen LogP contribution >= 0.6 is 35.0 Å². The third-order valence-electron chi connectivity index (χ3n) is 4.11. The zero-order chi connectivity index (χ0) is 19.1. The number of amides is 1. The molecule has 0 radical (unpaired) electrons. The molecule has 0 unspecified atom stereocenters. The van der Waals surface area contributed by atoms with E-state index in [-0.39, 0.29) is 28.7 Å². The fraction of sp³-hybridized carbons (Fsp3) is 0.467. The zero-order valence-electron chi connectivity index (χ0n) is 13.9. The highest BCUT2D eigenvalue weighted by Gasteiger charge is 2.50. The van der Waals surface area contributed by atoms with Crippen LogP contribution in [0.4, 0.5) is 5.69 Å². The van der Waals surface area contributed by atoms with Gasteiger partial charge in [-0.2, -0.15) is 4.99 Å². The Bertz CT molecular complexity index is 875. The van der Waals surface area contributed by atoms with E-state index in [0.717, 1.165) is 0 Å². The van der Waals surface area contributed by atoms with Crippen LogP contribution in [-0.4, -0.2) is 62.4 Å². The molecular weight excluding hydrogens is 423 g/mol. The molecule has 0 N–H and O–H groups in total. The first kappa shape index (κ1) is 19.6. The van der Waals surface area contributed by atoms with Crippen molar-refractivity contribution in [2.45, 2.75) is 11.3 Å². The third-order valence-corrected chi connectivity index (χ3v) is 7.85. The van der Waals surface area contributed by atoms with Crippen LogP contribution in [0.2, 0.25) is 5.02 Å². The normalized spacial score (nSPS) is 25.4. The number of benzene rings is 1. The summed E-state index contributed by atoms with van der Waals surface area (Å²) >= 11 is 13.1. The summed E-state index contributed by atoms with van der Waals surface area (Å²) in [6.45, 7) is 0. The highest BCUT2D eigenvalue weighted by atomic mass is 35.5. The van der Waals surface area contributed by atoms with Gasteiger partial charge in [-0.1, -0.05) is 23.4 Å². The number of fused-ring (bicyclic) bond motifs is 1. The van der Waals surface area contributed by atoms with Crippen LogP contribution in [-0.2, 0) is 14.6 Å². The Morgan fingerprint density at radius 2 is 2.00 bits per heavy atom. The van der Waals surface area contributed by atoms with Crippen molar-refractivity contribution >= 4 is 61.6 Å². The number of halogens is 2. The van der Waals surface area contributed by atoms with Crippen LogP contribution in [0.1, 0.15) is 0 Å². The van der Waals surface area contributed by atoms with Gasteiger partial charge in [0.05, 0.1) is 42.5 Å². The van der Waals surface area contributed by atoms with E-state index in [1.54, 1.807) is 17.0 Å². The molecule has 2 atom stereocenters. The molecule has 0 bridgehead atoms. The lowest BCUT2D eigenvalue weighted by Gasteiger charge is -2.26. The van der Waals surface area contributed by atoms with Gasteiger partial charge in [-0.05, 0) is 6.07 Å². The van der Waals surface area contributed by atoms with E-state index >= 15 is 0 Å². The first-order chi connectivity index (χ1) is 12.3. The molecule has 142 valence electrons. The van der Waals surface area contributed by atoms with E-state index in [1.165, 1.54) is 26.0 Å². The molecule has 26 heavy (non-hydrogen) atoms. The Hall–Kier alpha value is -1.16. The largest absolute Gasteiger partial charge is 0.495 e. The number of alkyl halides is 1. The Kier molecular flexibility index (Phi) is 5.62. The maximum Gasteiger partial charge on any atom is 0.262 e. The van der Waals surface area contributed by atoms with Gasteiger partial charge in [0.15, 0.2) is 15.0 Å². The molecule has 2 heterocycles. The number of rotatable bonds is 4. The molecule has 0 aliphatic carbocycles. The SMILES string of the molecule is COc1cc(OC)c(N2C(=NC(=O)CCl)S[C@H]3CS(=O)(=O)C[C@H]32)cc1Cl. The quantitative estimate of drug-likeness (QED) is 0.665.